The van der Waals surface area contributed by atoms with Crippen LogP contribution in [0.5, 0.6) is 5.75 Å². The van der Waals surface area contributed by atoms with Gasteiger partial charge in [0.2, 0.25) is 0 Å². The zero-order valence-electron chi connectivity index (χ0n) is 19.7. The molecule has 0 atom stereocenters. The molecule has 0 N–H and O–H groups in total. The lowest BCUT2D eigenvalue weighted by Crippen LogP contribution is -2.35. The Morgan fingerprint density at radius 1 is 1.09 bits per heavy atom. The first-order valence-corrected chi connectivity index (χ1v) is 11.3. The molecule has 2 aliphatic rings. The van der Waals surface area contributed by atoms with E-state index >= 15 is 0 Å². The molecule has 6 nitrogen and oxygen atoms in total. The van der Waals surface area contributed by atoms with Gasteiger partial charge in [0.05, 0.1) is 7.11 Å². The molecule has 2 aromatic rings. The van der Waals surface area contributed by atoms with Crippen molar-refractivity contribution in [3.05, 3.63) is 57.9 Å². The van der Waals surface area contributed by atoms with Gasteiger partial charge in [0.25, 0.3) is 5.91 Å². The van der Waals surface area contributed by atoms with Crippen molar-refractivity contribution in [3.63, 3.8) is 0 Å². The van der Waals surface area contributed by atoms with Crippen molar-refractivity contribution >= 4 is 23.6 Å². The van der Waals surface area contributed by atoms with Gasteiger partial charge in [-0.1, -0.05) is 6.07 Å². The maximum Gasteiger partial charge on any atom is 0.253 e. The highest BCUT2D eigenvalue weighted by Crippen LogP contribution is 2.35. The Bertz CT molecular complexity index is 1100. The van der Waals surface area contributed by atoms with Crippen LogP contribution in [0.3, 0.4) is 0 Å². The summed E-state index contributed by atoms with van der Waals surface area (Å²) < 4.78 is 5.67. The maximum absolute atomic E-state index is 12.9. The Morgan fingerprint density at radius 2 is 1.84 bits per heavy atom. The number of aliphatic imine (C=N–C) groups is 1. The van der Waals surface area contributed by atoms with Crippen molar-refractivity contribution in [1.29, 1.82) is 0 Å². The number of benzene rings is 1. The van der Waals surface area contributed by atoms with E-state index in [0.29, 0.717) is 12.0 Å². The molecule has 0 spiro atoms. The Labute approximate surface area is 190 Å². The van der Waals surface area contributed by atoms with Crippen LogP contribution in [-0.4, -0.2) is 49.3 Å². The first kappa shape index (κ1) is 22.1. The number of hydrogen-bond donors (Lipinski definition) is 0. The molecule has 1 saturated heterocycles. The predicted octanol–water partition coefficient (Wildman–Crippen LogP) is 5.06. The molecule has 6 heteroatoms. The maximum atomic E-state index is 12.9. The Balaban J connectivity index is 1.63. The second kappa shape index (κ2) is 9.15. The molecular weight excluding hydrogens is 400 g/mol. The highest BCUT2D eigenvalue weighted by molar-refractivity contribution is 5.95. The van der Waals surface area contributed by atoms with Gasteiger partial charge < -0.3 is 14.5 Å². The fourth-order valence-electron chi connectivity index (χ4n) is 4.38. The summed E-state index contributed by atoms with van der Waals surface area (Å²) in [6, 6.07) is 7.87. The van der Waals surface area contributed by atoms with Gasteiger partial charge in [-0.2, -0.15) is 0 Å². The molecule has 32 heavy (non-hydrogen) atoms. The smallest absolute Gasteiger partial charge is 0.253 e. The molecule has 4 rings (SSSR count). The average molecular weight is 433 g/mol. The molecule has 0 unspecified atom stereocenters. The number of fused-ring (bicyclic) bond motifs is 1. The van der Waals surface area contributed by atoms with Crippen molar-refractivity contribution in [2.75, 3.05) is 32.1 Å². The standard InChI is InChI=1S/C26H32N4O2/c1-17-13-22(28-25-24(17)27-16-18(2)19(3)29(25)4)14-20-9-10-21(15-23(20)32-5)26(31)30-11-7-6-8-12-30/h9-10,13,15-16H,6-8,11-12,14H2,1-5H3. The first-order chi connectivity index (χ1) is 15.4. The summed E-state index contributed by atoms with van der Waals surface area (Å²) in [6.45, 7) is 7.90. The van der Waals surface area contributed by atoms with Gasteiger partial charge in [0.15, 0.2) is 5.82 Å². The van der Waals surface area contributed by atoms with E-state index in [1.165, 1.54) is 6.42 Å². The summed E-state index contributed by atoms with van der Waals surface area (Å²) in [6.07, 6.45) is 5.89. The van der Waals surface area contributed by atoms with Crippen molar-refractivity contribution in [2.45, 2.75) is 46.5 Å². The third-order valence-electron chi connectivity index (χ3n) is 6.55. The van der Waals surface area contributed by atoms with Gasteiger partial charge in [0, 0.05) is 55.3 Å². The molecule has 3 heterocycles. The highest BCUT2D eigenvalue weighted by Gasteiger charge is 2.21. The van der Waals surface area contributed by atoms with E-state index in [0.717, 1.165) is 71.3 Å². The zero-order valence-corrected chi connectivity index (χ0v) is 19.7. The third kappa shape index (κ3) is 4.27. The predicted molar refractivity (Wildman–Crippen MR) is 129 cm³/mol. The van der Waals surface area contributed by atoms with E-state index in [1.807, 2.05) is 36.4 Å². The summed E-state index contributed by atoms with van der Waals surface area (Å²) >= 11 is 0. The molecule has 0 bridgehead atoms. The van der Waals surface area contributed by atoms with Crippen LogP contribution in [0.2, 0.25) is 0 Å². The SMILES string of the molecule is COc1cc(C(=O)N2CCCCC2)ccc1Cc1cc(C)c2c(n1)N(C)C(C)=C(C)C=N2. The number of nitrogens with zero attached hydrogens (tertiary/aromatic N) is 4. The number of aryl methyl sites for hydroxylation is 1. The Hall–Kier alpha value is -3.15. The lowest BCUT2D eigenvalue weighted by Gasteiger charge is -2.27. The fraction of sp³-hybridized carbons (Fsp3) is 0.423. The average Bonchev–Trinajstić information content (AvgIpc) is 2.92. The monoisotopic (exact) mass is 432 g/mol. The van der Waals surface area contributed by atoms with Gasteiger partial charge in [-0.3, -0.25) is 9.79 Å². The minimum absolute atomic E-state index is 0.0886. The molecule has 0 saturated carbocycles. The molecular formula is C26H32N4O2. The largest absolute Gasteiger partial charge is 0.496 e. The third-order valence-corrected chi connectivity index (χ3v) is 6.55. The number of likely N-dealkylation sites (tertiary alicyclic amines) is 1. The fourth-order valence-corrected chi connectivity index (χ4v) is 4.38. The first-order valence-electron chi connectivity index (χ1n) is 11.3. The van der Waals surface area contributed by atoms with E-state index < -0.39 is 0 Å². The van der Waals surface area contributed by atoms with E-state index in [1.54, 1.807) is 7.11 Å². The normalized spacial score (nSPS) is 16.2. The van der Waals surface area contributed by atoms with Gasteiger partial charge in [-0.15, -0.1) is 0 Å². The molecule has 1 amide bonds. The van der Waals surface area contributed by atoms with E-state index in [9.17, 15) is 4.79 Å². The van der Waals surface area contributed by atoms with Crippen molar-refractivity contribution in [1.82, 2.24) is 9.88 Å². The number of anilines is 1. The number of hydrogen-bond acceptors (Lipinski definition) is 5. The molecule has 1 fully saturated rings. The number of methoxy groups -OCH3 is 1. The summed E-state index contributed by atoms with van der Waals surface area (Å²) in [5.41, 5.74) is 6.90. The minimum Gasteiger partial charge on any atom is -0.496 e. The molecule has 1 aromatic heterocycles. The second-order valence-electron chi connectivity index (χ2n) is 8.74. The highest BCUT2D eigenvalue weighted by atomic mass is 16.5. The molecule has 0 radical (unpaired) electrons. The second-order valence-corrected chi connectivity index (χ2v) is 8.74. The van der Waals surface area contributed by atoms with E-state index in [2.05, 4.69) is 36.7 Å². The Kier molecular flexibility index (Phi) is 6.31. The van der Waals surface area contributed by atoms with E-state index in [4.69, 9.17) is 9.72 Å². The van der Waals surface area contributed by atoms with Crippen LogP contribution in [0.25, 0.3) is 0 Å². The van der Waals surface area contributed by atoms with E-state index in [-0.39, 0.29) is 5.91 Å². The van der Waals surface area contributed by atoms with Crippen LogP contribution in [0.15, 0.2) is 40.5 Å². The van der Waals surface area contributed by atoms with Crippen LogP contribution in [0.4, 0.5) is 11.5 Å². The number of carbonyl (C=O) groups is 1. The van der Waals surface area contributed by atoms with Gasteiger partial charge in [0.1, 0.15) is 11.4 Å². The molecule has 0 aliphatic carbocycles. The number of ether oxygens (including phenoxy) is 1. The topological polar surface area (TPSA) is 58.0 Å². The van der Waals surface area contributed by atoms with Crippen LogP contribution < -0.4 is 9.64 Å². The molecule has 1 aromatic carbocycles. The summed E-state index contributed by atoms with van der Waals surface area (Å²) in [4.78, 5) is 26.6. The molecule has 2 aliphatic heterocycles. The van der Waals surface area contributed by atoms with Gasteiger partial charge in [-0.05, 0) is 69.4 Å². The number of rotatable bonds is 4. The minimum atomic E-state index is 0.0886. The number of allylic oxidation sites excluding steroid dienone is 2. The van der Waals surface area contributed by atoms with Crippen LogP contribution in [0, 0.1) is 6.92 Å². The number of carbonyl (C=O) groups excluding carboxylic acids is 1. The van der Waals surface area contributed by atoms with Crippen molar-refractivity contribution in [3.8, 4) is 5.75 Å². The summed E-state index contributed by atoms with van der Waals surface area (Å²) in [5.74, 6) is 1.67. The molecule has 168 valence electrons. The summed E-state index contributed by atoms with van der Waals surface area (Å²) in [5, 5.41) is 0. The van der Waals surface area contributed by atoms with Crippen LogP contribution in [0.1, 0.15) is 60.3 Å². The summed E-state index contributed by atoms with van der Waals surface area (Å²) in [7, 11) is 3.69. The lowest BCUT2D eigenvalue weighted by molar-refractivity contribution is 0.0724. The van der Waals surface area contributed by atoms with Crippen LogP contribution in [-0.2, 0) is 6.42 Å². The van der Waals surface area contributed by atoms with Crippen LogP contribution >= 0.6 is 0 Å². The number of amides is 1. The van der Waals surface area contributed by atoms with Crippen molar-refractivity contribution in [2.24, 2.45) is 4.99 Å². The number of aromatic nitrogens is 1. The quantitative estimate of drug-likeness (QED) is 0.677. The van der Waals surface area contributed by atoms with Crippen molar-refractivity contribution < 1.29 is 9.53 Å². The Morgan fingerprint density at radius 3 is 2.56 bits per heavy atom. The number of pyridine rings is 1. The van der Waals surface area contributed by atoms with Gasteiger partial charge >= 0.3 is 0 Å². The zero-order chi connectivity index (χ0) is 22.8. The number of piperidine rings is 1. The lowest BCUT2D eigenvalue weighted by atomic mass is 10.0. The van der Waals surface area contributed by atoms with Gasteiger partial charge in [-0.25, -0.2) is 4.98 Å².